The summed E-state index contributed by atoms with van der Waals surface area (Å²) >= 11 is 3.04. The van der Waals surface area contributed by atoms with Crippen LogP contribution >= 0.6 is 23.1 Å². The monoisotopic (exact) mass is 362 g/mol. The first kappa shape index (κ1) is 18.5. The van der Waals surface area contributed by atoms with Crippen molar-refractivity contribution in [2.24, 2.45) is 5.92 Å². The van der Waals surface area contributed by atoms with Crippen molar-refractivity contribution in [1.82, 2.24) is 0 Å². The van der Waals surface area contributed by atoms with Gasteiger partial charge in [-0.05, 0) is 47.7 Å². The van der Waals surface area contributed by atoms with Crippen LogP contribution in [0.1, 0.15) is 29.9 Å². The number of carbonyl (C=O) groups excluding carboxylic acids is 2. The van der Waals surface area contributed by atoms with Gasteiger partial charge in [0.1, 0.15) is 0 Å². The third kappa shape index (κ3) is 6.37. The molecule has 0 saturated heterocycles. The molecule has 0 aliphatic rings. The molecule has 0 unspecified atom stereocenters. The van der Waals surface area contributed by atoms with E-state index in [-0.39, 0.29) is 11.8 Å². The second-order valence-corrected chi connectivity index (χ2v) is 7.85. The number of hydrogen-bond donors (Lipinski definition) is 2. The van der Waals surface area contributed by atoms with Gasteiger partial charge in [-0.2, -0.15) is 11.8 Å². The fourth-order valence-corrected chi connectivity index (χ4v) is 3.62. The normalized spacial score (nSPS) is 10.6. The largest absolute Gasteiger partial charge is 0.325 e. The van der Waals surface area contributed by atoms with Crippen molar-refractivity contribution in [1.29, 1.82) is 0 Å². The molecular formula is C18H22N2O2S2. The summed E-state index contributed by atoms with van der Waals surface area (Å²) in [5.74, 6) is 1.92. The standard InChI is InChI=1S/C18H22N2O2S2/c1-13(2)8-10-23-12-17(21)19-14-5-3-6-15(11-14)20-18(22)16-7-4-9-24-16/h3-7,9,11,13H,8,10,12H2,1-2H3,(H,19,21)(H,20,22). The minimum Gasteiger partial charge on any atom is -0.325 e. The number of anilines is 2. The van der Waals surface area contributed by atoms with Gasteiger partial charge in [0.05, 0.1) is 10.6 Å². The zero-order valence-electron chi connectivity index (χ0n) is 13.9. The Morgan fingerprint density at radius 3 is 2.54 bits per heavy atom. The second-order valence-electron chi connectivity index (χ2n) is 5.80. The molecule has 1 aromatic carbocycles. The molecule has 1 aromatic heterocycles. The van der Waals surface area contributed by atoms with Crippen LogP contribution < -0.4 is 10.6 Å². The SMILES string of the molecule is CC(C)CCSCC(=O)Nc1cccc(NC(=O)c2cccs2)c1. The van der Waals surface area contributed by atoms with Crippen LogP contribution in [0.5, 0.6) is 0 Å². The first-order valence-corrected chi connectivity index (χ1v) is 9.90. The van der Waals surface area contributed by atoms with Crippen molar-refractivity contribution in [3.05, 3.63) is 46.7 Å². The molecule has 0 aliphatic carbocycles. The number of thioether (sulfide) groups is 1. The Morgan fingerprint density at radius 1 is 1.12 bits per heavy atom. The second kappa shape index (κ2) is 9.49. The van der Waals surface area contributed by atoms with E-state index in [1.807, 2.05) is 23.6 Å². The summed E-state index contributed by atoms with van der Waals surface area (Å²) in [6.07, 6.45) is 1.11. The van der Waals surface area contributed by atoms with Crippen molar-refractivity contribution < 1.29 is 9.59 Å². The van der Waals surface area contributed by atoms with Gasteiger partial charge in [0, 0.05) is 11.4 Å². The Morgan fingerprint density at radius 2 is 1.88 bits per heavy atom. The van der Waals surface area contributed by atoms with E-state index in [4.69, 9.17) is 0 Å². The molecule has 2 N–H and O–H groups in total. The summed E-state index contributed by atoms with van der Waals surface area (Å²) in [4.78, 5) is 24.7. The maximum absolute atomic E-state index is 12.0. The molecular weight excluding hydrogens is 340 g/mol. The number of hydrogen-bond acceptors (Lipinski definition) is 4. The van der Waals surface area contributed by atoms with Gasteiger partial charge in [-0.25, -0.2) is 0 Å². The highest BCUT2D eigenvalue weighted by Gasteiger charge is 2.08. The Bertz CT molecular complexity index is 669. The highest BCUT2D eigenvalue weighted by Crippen LogP contribution is 2.18. The van der Waals surface area contributed by atoms with Crippen molar-refractivity contribution >= 4 is 46.3 Å². The molecule has 0 atom stereocenters. The summed E-state index contributed by atoms with van der Waals surface area (Å²) in [5, 5.41) is 7.57. The Balaban J connectivity index is 1.83. The average molecular weight is 363 g/mol. The number of amides is 2. The van der Waals surface area contributed by atoms with Crippen molar-refractivity contribution in [2.75, 3.05) is 22.1 Å². The minimum absolute atomic E-state index is 0.0227. The molecule has 0 saturated carbocycles. The number of thiophene rings is 1. The lowest BCUT2D eigenvalue weighted by molar-refractivity contribution is -0.113. The maximum atomic E-state index is 12.0. The first-order valence-electron chi connectivity index (χ1n) is 7.87. The van der Waals surface area contributed by atoms with E-state index in [9.17, 15) is 9.59 Å². The van der Waals surface area contributed by atoms with Gasteiger partial charge >= 0.3 is 0 Å². The first-order chi connectivity index (χ1) is 11.5. The Labute approximate surface area is 151 Å². The van der Waals surface area contributed by atoms with Crippen LogP contribution in [0.15, 0.2) is 41.8 Å². The lowest BCUT2D eigenvalue weighted by atomic mass is 10.2. The van der Waals surface area contributed by atoms with E-state index in [1.54, 1.807) is 30.0 Å². The molecule has 24 heavy (non-hydrogen) atoms. The third-order valence-electron chi connectivity index (χ3n) is 3.22. The molecule has 1 heterocycles. The van der Waals surface area contributed by atoms with E-state index in [2.05, 4.69) is 24.5 Å². The highest BCUT2D eigenvalue weighted by molar-refractivity contribution is 7.99. The lowest BCUT2D eigenvalue weighted by Crippen LogP contribution is -2.15. The summed E-state index contributed by atoms with van der Waals surface area (Å²) in [6, 6.07) is 10.8. The summed E-state index contributed by atoms with van der Waals surface area (Å²) < 4.78 is 0. The molecule has 0 aliphatic heterocycles. The van der Waals surface area contributed by atoms with E-state index in [1.165, 1.54) is 11.3 Å². The van der Waals surface area contributed by atoms with Crippen LogP contribution in [-0.4, -0.2) is 23.3 Å². The Hall–Kier alpha value is -1.79. The Kier molecular flexibility index (Phi) is 7.34. The average Bonchev–Trinajstić information content (AvgIpc) is 3.06. The van der Waals surface area contributed by atoms with Crippen LogP contribution in [0, 0.1) is 5.92 Å². The van der Waals surface area contributed by atoms with E-state index >= 15 is 0 Å². The number of rotatable bonds is 8. The van der Waals surface area contributed by atoms with Gasteiger partial charge < -0.3 is 10.6 Å². The summed E-state index contributed by atoms with van der Waals surface area (Å²) in [7, 11) is 0. The molecule has 0 spiro atoms. The molecule has 0 bridgehead atoms. The molecule has 2 amide bonds. The van der Waals surface area contributed by atoms with Crippen LogP contribution in [0.4, 0.5) is 11.4 Å². The van der Waals surface area contributed by atoms with Gasteiger partial charge in [-0.3, -0.25) is 9.59 Å². The fraction of sp³-hybridized carbons (Fsp3) is 0.333. The molecule has 2 aromatic rings. The van der Waals surface area contributed by atoms with Gasteiger partial charge in [0.2, 0.25) is 5.91 Å². The molecule has 2 rings (SSSR count). The summed E-state index contributed by atoms with van der Waals surface area (Å²) in [6.45, 7) is 4.35. The number of carbonyl (C=O) groups is 2. The highest BCUT2D eigenvalue weighted by atomic mass is 32.2. The quantitative estimate of drug-likeness (QED) is 0.668. The third-order valence-corrected chi connectivity index (χ3v) is 5.08. The zero-order valence-corrected chi connectivity index (χ0v) is 15.5. The molecule has 4 nitrogen and oxygen atoms in total. The number of benzene rings is 1. The van der Waals surface area contributed by atoms with E-state index in [0.29, 0.717) is 27.9 Å². The van der Waals surface area contributed by atoms with Gasteiger partial charge in [-0.1, -0.05) is 26.0 Å². The molecule has 0 fully saturated rings. The van der Waals surface area contributed by atoms with Crippen LogP contribution in [0.3, 0.4) is 0 Å². The summed E-state index contributed by atoms with van der Waals surface area (Å²) in [5.41, 5.74) is 1.35. The van der Waals surface area contributed by atoms with Crippen LogP contribution in [0.25, 0.3) is 0 Å². The zero-order chi connectivity index (χ0) is 17.4. The van der Waals surface area contributed by atoms with Crippen molar-refractivity contribution in [3.63, 3.8) is 0 Å². The molecule has 128 valence electrons. The molecule has 6 heteroatoms. The predicted octanol–water partition coefficient (Wildman–Crippen LogP) is 4.72. The number of nitrogens with one attached hydrogen (secondary N) is 2. The maximum Gasteiger partial charge on any atom is 0.265 e. The predicted molar refractivity (Wildman–Crippen MR) is 104 cm³/mol. The lowest BCUT2D eigenvalue weighted by Gasteiger charge is -2.09. The molecule has 0 radical (unpaired) electrons. The minimum atomic E-state index is -0.141. The van der Waals surface area contributed by atoms with Crippen LogP contribution in [-0.2, 0) is 4.79 Å². The van der Waals surface area contributed by atoms with Crippen molar-refractivity contribution in [3.8, 4) is 0 Å². The smallest absolute Gasteiger partial charge is 0.265 e. The van der Waals surface area contributed by atoms with E-state index in [0.717, 1.165) is 12.2 Å². The van der Waals surface area contributed by atoms with Gasteiger partial charge in [-0.15, -0.1) is 11.3 Å². The van der Waals surface area contributed by atoms with Gasteiger partial charge in [0.15, 0.2) is 0 Å². The van der Waals surface area contributed by atoms with Gasteiger partial charge in [0.25, 0.3) is 5.91 Å². The van der Waals surface area contributed by atoms with E-state index < -0.39 is 0 Å². The van der Waals surface area contributed by atoms with Crippen molar-refractivity contribution in [2.45, 2.75) is 20.3 Å². The van der Waals surface area contributed by atoms with Crippen LogP contribution in [0.2, 0.25) is 0 Å². The fourth-order valence-electron chi connectivity index (χ4n) is 1.96. The topological polar surface area (TPSA) is 58.2 Å².